The Labute approximate surface area is 199 Å². The highest BCUT2D eigenvalue weighted by atomic mass is 32.1. The van der Waals surface area contributed by atoms with Crippen molar-refractivity contribution < 1.29 is 33.0 Å². The van der Waals surface area contributed by atoms with Crippen molar-refractivity contribution in [3.05, 3.63) is 47.7 Å². The summed E-state index contributed by atoms with van der Waals surface area (Å²) in [4.78, 5) is 43.2. The highest BCUT2D eigenvalue weighted by molar-refractivity contribution is 7.14. The van der Waals surface area contributed by atoms with Crippen LogP contribution in [0.4, 0.5) is 5.13 Å². The molecule has 0 saturated carbocycles. The van der Waals surface area contributed by atoms with Crippen LogP contribution in [-0.4, -0.2) is 61.1 Å². The molecule has 3 heterocycles. The number of ether oxygens (including phenoxy) is 3. The van der Waals surface area contributed by atoms with Crippen molar-refractivity contribution >= 4 is 34.3 Å². The van der Waals surface area contributed by atoms with E-state index in [1.807, 2.05) is 0 Å². The second-order valence-electron chi connectivity index (χ2n) is 7.39. The van der Waals surface area contributed by atoms with Crippen LogP contribution >= 0.6 is 11.3 Å². The molecule has 1 saturated heterocycles. The third-order valence-electron chi connectivity index (χ3n) is 5.30. The number of amides is 2. The van der Waals surface area contributed by atoms with E-state index in [0.29, 0.717) is 47.3 Å². The van der Waals surface area contributed by atoms with Crippen molar-refractivity contribution in [2.45, 2.75) is 18.9 Å². The first kappa shape index (κ1) is 23.3. The molecule has 0 bridgehead atoms. The Balaban J connectivity index is 1.34. The molecular weight excluding hydrogens is 462 g/mol. The van der Waals surface area contributed by atoms with Gasteiger partial charge in [0.1, 0.15) is 17.5 Å². The van der Waals surface area contributed by atoms with Gasteiger partial charge in [-0.2, -0.15) is 0 Å². The highest BCUT2D eigenvalue weighted by Gasteiger charge is 2.36. The van der Waals surface area contributed by atoms with Crippen molar-refractivity contribution in [2.75, 3.05) is 32.7 Å². The number of esters is 1. The fraction of sp³-hybridized carbons (Fsp3) is 0.304. The first-order valence-corrected chi connectivity index (χ1v) is 11.4. The van der Waals surface area contributed by atoms with E-state index in [4.69, 9.17) is 18.6 Å². The molecule has 1 aromatic carbocycles. The van der Waals surface area contributed by atoms with E-state index in [9.17, 15) is 14.4 Å². The molecule has 1 aliphatic heterocycles. The average molecular weight is 486 g/mol. The van der Waals surface area contributed by atoms with E-state index >= 15 is 0 Å². The van der Waals surface area contributed by atoms with Crippen LogP contribution in [-0.2, 0) is 14.3 Å². The van der Waals surface area contributed by atoms with E-state index in [2.05, 4.69) is 10.3 Å². The standard InChI is InChI=1S/C23H23N3O7S/c1-30-14-7-8-18(31-2)15(11-14)16-13-34-23(24-16)25-20(27)12-33-22(29)17-5-3-9-26(17)21(28)19-6-4-10-32-19/h4,6-8,10-11,13,17H,3,5,9,12H2,1-2H3,(H,24,25,27)/t17-/m0/s1. The second kappa shape index (κ2) is 10.4. The molecular formula is C23H23N3O7S. The number of furan rings is 1. The van der Waals surface area contributed by atoms with Crippen LogP contribution in [0.2, 0.25) is 0 Å². The number of hydrogen-bond donors (Lipinski definition) is 1. The molecule has 0 aliphatic carbocycles. The Morgan fingerprint density at radius 3 is 2.82 bits per heavy atom. The zero-order valence-corrected chi connectivity index (χ0v) is 19.4. The number of thiazole rings is 1. The van der Waals surface area contributed by atoms with Gasteiger partial charge in [-0.05, 0) is 43.2 Å². The van der Waals surface area contributed by atoms with E-state index < -0.39 is 24.5 Å². The third kappa shape index (κ3) is 5.04. The van der Waals surface area contributed by atoms with E-state index in [1.54, 1.807) is 49.9 Å². The number of nitrogens with zero attached hydrogens (tertiary/aromatic N) is 2. The molecule has 1 aliphatic rings. The molecule has 10 nitrogen and oxygen atoms in total. The summed E-state index contributed by atoms with van der Waals surface area (Å²) in [6, 6.07) is 7.74. The van der Waals surface area contributed by atoms with Crippen LogP contribution in [0.3, 0.4) is 0 Å². The van der Waals surface area contributed by atoms with Gasteiger partial charge in [0.05, 0.1) is 26.2 Å². The minimum atomic E-state index is -0.752. The molecule has 1 N–H and O–H groups in total. The van der Waals surface area contributed by atoms with Crippen molar-refractivity contribution in [1.82, 2.24) is 9.88 Å². The zero-order chi connectivity index (χ0) is 24.1. The smallest absolute Gasteiger partial charge is 0.329 e. The van der Waals surface area contributed by atoms with Crippen LogP contribution in [0, 0.1) is 0 Å². The minimum absolute atomic E-state index is 0.157. The van der Waals surface area contributed by atoms with Gasteiger partial charge >= 0.3 is 5.97 Å². The Bertz CT molecular complexity index is 1180. The molecule has 0 radical (unpaired) electrons. The van der Waals surface area contributed by atoms with Gasteiger partial charge in [0.25, 0.3) is 11.8 Å². The fourth-order valence-corrected chi connectivity index (χ4v) is 4.38. The van der Waals surface area contributed by atoms with E-state index in [1.165, 1.54) is 22.5 Å². The summed E-state index contributed by atoms with van der Waals surface area (Å²) in [5.74, 6) is -0.125. The summed E-state index contributed by atoms with van der Waals surface area (Å²) < 4.78 is 21.0. The number of nitrogens with one attached hydrogen (secondary N) is 1. The van der Waals surface area contributed by atoms with E-state index in [0.717, 1.165) is 0 Å². The van der Waals surface area contributed by atoms with Crippen LogP contribution in [0.5, 0.6) is 11.5 Å². The largest absolute Gasteiger partial charge is 0.497 e. The number of benzene rings is 1. The molecule has 3 aromatic rings. The van der Waals surface area contributed by atoms with Crippen molar-refractivity contribution in [3.8, 4) is 22.8 Å². The fourth-order valence-electron chi connectivity index (χ4n) is 3.65. The van der Waals surface area contributed by atoms with Gasteiger partial charge in [-0.25, -0.2) is 9.78 Å². The Morgan fingerprint density at radius 2 is 2.09 bits per heavy atom. The first-order chi connectivity index (χ1) is 16.5. The Hall–Kier alpha value is -3.86. The lowest BCUT2D eigenvalue weighted by molar-refractivity contribution is -0.151. The summed E-state index contributed by atoms with van der Waals surface area (Å²) in [6.07, 6.45) is 2.52. The number of carbonyl (C=O) groups excluding carboxylic acids is 3. The molecule has 178 valence electrons. The van der Waals surface area contributed by atoms with Crippen LogP contribution in [0.1, 0.15) is 23.4 Å². The van der Waals surface area contributed by atoms with Crippen molar-refractivity contribution in [3.63, 3.8) is 0 Å². The highest BCUT2D eigenvalue weighted by Crippen LogP contribution is 2.35. The molecule has 4 rings (SSSR count). The number of aromatic nitrogens is 1. The lowest BCUT2D eigenvalue weighted by atomic mass is 10.1. The number of methoxy groups -OCH3 is 2. The van der Waals surface area contributed by atoms with Gasteiger partial charge in [0.2, 0.25) is 0 Å². The zero-order valence-electron chi connectivity index (χ0n) is 18.6. The predicted octanol–water partition coefficient (Wildman–Crippen LogP) is 3.21. The Kier molecular flexibility index (Phi) is 7.12. The minimum Gasteiger partial charge on any atom is -0.497 e. The number of hydrogen-bond acceptors (Lipinski definition) is 9. The van der Waals surface area contributed by atoms with Crippen LogP contribution in [0.25, 0.3) is 11.3 Å². The maximum Gasteiger partial charge on any atom is 0.329 e. The number of rotatable bonds is 8. The molecule has 34 heavy (non-hydrogen) atoms. The average Bonchev–Trinajstić information content (AvgIpc) is 3.63. The lowest BCUT2D eigenvalue weighted by Gasteiger charge is -2.22. The van der Waals surface area contributed by atoms with Gasteiger partial charge in [0, 0.05) is 17.5 Å². The number of likely N-dealkylation sites (tertiary alicyclic amines) is 1. The van der Waals surface area contributed by atoms with Crippen LogP contribution in [0.15, 0.2) is 46.4 Å². The molecule has 11 heteroatoms. The molecule has 1 atom stereocenters. The quantitative estimate of drug-likeness (QED) is 0.483. The van der Waals surface area contributed by atoms with Gasteiger partial charge in [-0.15, -0.1) is 11.3 Å². The van der Waals surface area contributed by atoms with E-state index in [-0.39, 0.29) is 11.7 Å². The number of carbonyl (C=O) groups is 3. The summed E-state index contributed by atoms with van der Waals surface area (Å²) in [5.41, 5.74) is 1.32. The predicted molar refractivity (Wildman–Crippen MR) is 123 cm³/mol. The summed E-state index contributed by atoms with van der Waals surface area (Å²) >= 11 is 1.22. The maximum atomic E-state index is 12.5. The van der Waals surface area contributed by atoms with Crippen molar-refractivity contribution in [1.29, 1.82) is 0 Å². The van der Waals surface area contributed by atoms with Gasteiger partial charge in [-0.3, -0.25) is 14.9 Å². The molecule has 0 spiro atoms. The maximum absolute atomic E-state index is 12.5. The molecule has 0 unspecified atom stereocenters. The summed E-state index contributed by atoms with van der Waals surface area (Å²) in [6.45, 7) is -0.0728. The van der Waals surface area contributed by atoms with Gasteiger partial charge in [0.15, 0.2) is 17.5 Å². The van der Waals surface area contributed by atoms with Crippen LogP contribution < -0.4 is 14.8 Å². The second-order valence-corrected chi connectivity index (χ2v) is 8.25. The molecule has 2 aromatic heterocycles. The topological polar surface area (TPSA) is 120 Å². The Morgan fingerprint density at radius 1 is 1.24 bits per heavy atom. The third-order valence-corrected chi connectivity index (χ3v) is 6.05. The van der Waals surface area contributed by atoms with Crippen molar-refractivity contribution in [2.24, 2.45) is 0 Å². The van der Waals surface area contributed by atoms with Gasteiger partial charge in [-0.1, -0.05) is 0 Å². The normalized spacial score (nSPS) is 15.1. The lowest BCUT2D eigenvalue weighted by Crippen LogP contribution is -2.42. The van der Waals surface area contributed by atoms with Gasteiger partial charge < -0.3 is 23.5 Å². The SMILES string of the molecule is COc1ccc(OC)c(-c2csc(NC(=O)COC(=O)[C@@H]3CCCN3C(=O)c3ccco3)n2)c1. The first-order valence-electron chi connectivity index (χ1n) is 10.5. The molecule has 2 amide bonds. The monoisotopic (exact) mass is 485 g/mol. The summed E-state index contributed by atoms with van der Waals surface area (Å²) in [7, 11) is 3.12. The summed E-state index contributed by atoms with van der Waals surface area (Å²) in [5, 5.41) is 4.74. The number of anilines is 1. The molecule has 1 fully saturated rings.